The molecule has 13 heteroatoms. The lowest BCUT2D eigenvalue weighted by Gasteiger charge is -2.38. The number of hydrogen-bond donors (Lipinski definition) is 1. The number of morpholine rings is 1. The van der Waals surface area contributed by atoms with Crippen molar-refractivity contribution in [1.29, 1.82) is 0 Å². The highest BCUT2D eigenvalue weighted by Gasteiger charge is 2.54. The predicted molar refractivity (Wildman–Crippen MR) is 137 cm³/mol. The van der Waals surface area contributed by atoms with Gasteiger partial charge in [-0.25, -0.2) is 13.8 Å². The van der Waals surface area contributed by atoms with Crippen LogP contribution < -0.4 is 4.90 Å². The number of halogens is 3. The minimum atomic E-state index is -1.18. The summed E-state index contributed by atoms with van der Waals surface area (Å²) in [5, 5.41) is 6.56. The zero-order valence-electron chi connectivity index (χ0n) is 20.8. The van der Waals surface area contributed by atoms with Crippen LogP contribution in [0, 0.1) is 5.82 Å². The summed E-state index contributed by atoms with van der Waals surface area (Å²) in [5.41, 5.74) is 1.07. The lowest BCUT2D eigenvalue weighted by molar-refractivity contribution is -0.139. The Morgan fingerprint density at radius 2 is 1.95 bits per heavy atom. The smallest absolute Gasteiger partial charge is 0.272 e. The predicted octanol–water partition coefficient (Wildman–Crippen LogP) is 2.47. The summed E-state index contributed by atoms with van der Waals surface area (Å²) >= 11 is 6.45. The first-order valence-corrected chi connectivity index (χ1v) is 13.1. The first kappa shape index (κ1) is 25.6. The number of amides is 3. The minimum absolute atomic E-state index is 0.0925. The summed E-state index contributed by atoms with van der Waals surface area (Å²) in [5.74, 6) is -1.67. The monoisotopic (exact) mass is 558 g/mol. The molecule has 2 saturated heterocycles. The molecule has 3 aliphatic heterocycles. The number of likely N-dealkylation sites (tertiary alicyclic amines) is 1. The minimum Gasteiger partial charge on any atom is -0.372 e. The molecule has 39 heavy (non-hydrogen) atoms. The number of aromatic amines is 1. The standard InChI is InChI=1S/C26H25ClF2N6O4/c27-23-16(29)1-4-20-22(23)26(25(38)35(20)14-21(36)34-9-10-39-15(11-28)13-34)5-7-33(8-6-26)24(37)18-3-2-17-19(31-18)12-30-32-17/h1-4,12,15H,5-11,13-14H2,(H,30,32). The summed E-state index contributed by atoms with van der Waals surface area (Å²) in [6, 6.07) is 5.98. The van der Waals surface area contributed by atoms with Gasteiger partial charge in [0.2, 0.25) is 11.8 Å². The van der Waals surface area contributed by atoms with Crippen LogP contribution in [-0.2, 0) is 19.7 Å². The Balaban J connectivity index is 1.25. The molecule has 3 aliphatic rings. The molecule has 204 valence electrons. The highest BCUT2D eigenvalue weighted by atomic mass is 35.5. The van der Waals surface area contributed by atoms with Gasteiger partial charge in [-0.3, -0.25) is 19.5 Å². The number of hydrogen-bond acceptors (Lipinski definition) is 6. The van der Waals surface area contributed by atoms with Crippen molar-refractivity contribution >= 4 is 46.0 Å². The molecule has 0 radical (unpaired) electrons. The topological polar surface area (TPSA) is 112 Å². The van der Waals surface area contributed by atoms with Gasteiger partial charge >= 0.3 is 0 Å². The van der Waals surface area contributed by atoms with Gasteiger partial charge in [0.15, 0.2) is 0 Å². The molecule has 2 fully saturated rings. The number of ether oxygens (including phenoxy) is 1. The van der Waals surface area contributed by atoms with E-state index in [0.29, 0.717) is 22.3 Å². The van der Waals surface area contributed by atoms with E-state index in [9.17, 15) is 23.2 Å². The summed E-state index contributed by atoms with van der Waals surface area (Å²) in [6.45, 7) is 0.0130. The van der Waals surface area contributed by atoms with Gasteiger partial charge in [0.25, 0.3) is 5.91 Å². The van der Waals surface area contributed by atoms with E-state index in [2.05, 4.69) is 15.2 Å². The lowest BCUT2D eigenvalue weighted by atomic mass is 9.73. The van der Waals surface area contributed by atoms with Crippen molar-refractivity contribution in [2.75, 3.05) is 50.9 Å². The Morgan fingerprint density at radius 1 is 1.15 bits per heavy atom. The van der Waals surface area contributed by atoms with E-state index in [1.807, 2.05) is 0 Å². The zero-order chi connectivity index (χ0) is 27.3. The number of fused-ring (bicyclic) bond motifs is 3. The van der Waals surface area contributed by atoms with Crippen LogP contribution in [0.2, 0.25) is 5.02 Å². The fourth-order valence-electron chi connectivity index (χ4n) is 5.79. The number of alkyl halides is 1. The number of carbonyl (C=O) groups is 3. The number of aromatic nitrogens is 3. The van der Waals surface area contributed by atoms with E-state index in [1.165, 1.54) is 28.1 Å². The van der Waals surface area contributed by atoms with E-state index in [1.54, 1.807) is 17.0 Å². The second-order valence-corrected chi connectivity index (χ2v) is 10.4. The summed E-state index contributed by atoms with van der Waals surface area (Å²) in [6.07, 6.45) is 1.23. The Labute approximate surface area is 226 Å². The maximum Gasteiger partial charge on any atom is 0.272 e. The van der Waals surface area contributed by atoms with Crippen LogP contribution in [-0.4, -0.2) is 94.8 Å². The largest absolute Gasteiger partial charge is 0.372 e. The van der Waals surface area contributed by atoms with Crippen LogP contribution in [0.1, 0.15) is 28.9 Å². The molecule has 5 heterocycles. The van der Waals surface area contributed by atoms with Gasteiger partial charge < -0.3 is 19.4 Å². The highest BCUT2D eigenvalue weighted by molar-refractivity contribution is 6.33. The van der Waals surface area contributed by atoms with Crippen molar-refractivity contribution in [3.8, 4) is 0 Å². The van der Waals surface area contributed by atoms with Gasteiger partial charge in [-0.1, -0.05) is 11.6 Å². The van der Waals surface area contributed by atoms with Crippen molar-refractivity contribution in [2.45, 2.75) is 24.4 Å². The second kappa shape index (κ2) is 9.83. The average Bonchev–Trinajstić information content (AvgIpc) is 3.52. The number of piperidine rings is 1. The van der Waals surface area contributed by atoms with E-state index in [-0.39, 0.29) is 80.6 Å². The van der Waals surface area contributed by atoms with Crippen LogP contribution >= 0.6 is 11.6 Å². The third-order valence-corrected chi connectivity index (χ3v) is 8.24. The molecule has 1 unspecified atom stereocenters. The normalized spacial score (nSPS) is 20.6. The fraction of sp³-hybridized carbons (Fsp3) is 0.423. The Bertz CT molecular complexity index is 1470. The molecule has 1 aromatic carbocycles. The highest BCUT2D eigenvalue weighted by Crippen LogP contribution is 2.51. The molecule has 0 saturated carbocycles. The number of H-pyrrole nitrogens is 1. The van der Waals surface area contributed by atoms with Crippen LogP contribution in [0.3, 0.4) is 0 Å². The quantitative estimate of drug-likeness (QED) is 0.527. The van der Waals surface area contributed by atoms with Crippen molar-refractivity contribution in [3.05, 3.63) is 52.6 Å². The number of nitrogens with one attached hydrogen (secondary N) is 1. The summed E-state index contributed by atoms with van der Waals surface area (Å²) < 4.78 is 33.1. The first-order valence-electron chi connectivity index (χ1n) is 12.7. The zero-order valence-corrected chi connectivity index (χ0v) is 21.6. The maximum absolute atomic E-state index is 14.7. The number of rotatable bonds is 4. The van der Waals surface area contributed by atoms with E-state index < -0.39 is 24.0 Å². The van der Waals surface area contributed by atoms with Gasteiger partial charge in [0, 0.05) is 31.7 Å². The number of anilines is 1. The summed E-state index contributed by atoms with van der Waals surface area (Å²) in [7, 11) is 0. The van der Waals surface area contributed by atoms with E-state index in [0.717, 1.165) is 0 Å². The number of benzene rings is 1. The number of pyridine rings is 1. The van der Waals surface area contributed by atoms with Crippen LogP contribution in [0.4, 0.5) is 14.5 Å². The number of nitrogens with zero attached hydrogens (tertiary/aromatic N) is 5. The van der Waals surface area contributed by atoms with Crippen molar-refractivity contribution in [3.63, 3.8) is 0 Å². The molecule has 10 nitrogen and oxygen atoms in total. The fourth-order valence-corrected chi connectivity index (χ4v) is 6.13. The molecule has 3 aromatic rings. The molecule has 0 bridgehead atoms. The summed E-state index contributed by atoms with van der Waals surface area (Å²) in [4.78, 5) is 49.1. The average molecular weight is 559 g/mol. The van der Waals surface area contributed by atoms with Gasteiger partial charge in [0.1, 0.15) is 36.4 Å². The third kappa shape index (κ3) is 4.22. The van der Waals surface area contributed by atoms with Crippen molar-refractivity contribution in [1.82, 2.24) is 25.0 Å². The molecule has 6 rings (SSSR count). The molecule has 3 amide bonds. The Hall–Kier alpha value is -3.64. The van der Waals surface area contributed by atoms with E-state index >= 15 is 0 Å². The molecular weight excluding hydrogens is 534 g/mol. The lowest BCUT2D eigenvalue weighted by Crippen LogP contribution is -2.53. The van der Waals surface area contributed by atoms with Gasteiger partial charge in [-0.05, 0) is 37.1 Å². The molecular formula is C26H25ClF2N6O4. The third-order valence-electron chi connectivity index (χ3n) is 7.87. The second-order valence-electron chi connectivity index (χ2n) is 10.0. The number of carbonyl (C=O) groups excluding carboxylic acids is 3. The SMILES string of the molecule is O=C(CN1C(=O)C2(CCN(C(=O)c3ccc4[nH]ncc4n3)CC2)c2c1ccc(F)c2Cl)N1CCOC(CF)C1. The Kier molecular flexibility index (Phi) is 6.46. The molecule has 1 N–H and O–H groups in total. The van der Waals surface area contributed by atoms with Crippen LogP contribution in [0.5, 0.6) is 0 Å². The van der Waals surface area contributed by atoms with E-state index in [4.69, 9.17) is 16.3 Å². The first-order chi connectivity index (χ1) is 18.8. The van der Waals surface area contributed by atoms with Gasteiger partial charge in [0.05, 0.1) is 34.4 Å². The maximum atomic E-state index is 14.7. The molecule has 1 spiro atoms. The van der Waals surface area contributed by atoms with Gasteiger partial charge in [-0.2, -0.15) is 5.10 Å². The van der Waals surface area contributed by atoms with Crippen LogP contribution in [0.25, 0.3) is 11.0 Å². The van der Waals surface area contributed by atoms with Crippen molar-refractivity contribution in [2.24, 2.45) is 0 Å². The molecule has 2 aromatic heterocycles. The molecule has 0 aliphatic carbocycles. The molecule has 1 atom stereocenters. The van der Waals surface area contributed by atoms with Crippen LogP contribution in [0.15, 0.2) is 30.5 Å². The van der Waals surface area contributed by atoms with Gasteiger partial charge in [-0.15, -0.1) is 0 Å². The van der Waals surface area contributed by atoms with Crippen molar-refractivity contribution < 1.29 is 27.9 Å². The Morgan fingerprint density at radius 3 is 2.72 bits per heavy atom.